The van der Waals surface area contributed by atoms with Crippen molar-refractivity contribution < 1.29 is 9.18 Å². The van der Waals surface area contributed by atoms with E-state index >= 15 is 0 Å². The summed E-state index contributed by atoms with van der Waals surface area (Å²) in [7, 11) is 0. The molecule has 2 aromatic heterocycles. The average Bonchev–Trinajstić information content (AvgIpc) is 3.33. The van der Waals surface area contributed by atoms with Crippen molar-refractivity contribution in [1.82, 2.24) is 14.8 Å². The van der Waals surface area contributed by atoms with Crippen molar-refractivity contribution >= 4 is 28.6 Å². The predicted octanol–water partition coefficient (Wildman–Crippen LogP) is 3.97. The van der Waals surface area contributed by atoms with E-state index in [4.69, 9.17) is 4.98 Å². The highest BCUT2D eigenvalue weighted by Crippen LogP contribution is 2.26. The summed E-state index contributed by atoms with van der Waals surface area (Å²) in [6.45, 7) is 3.71. The van der Waals surface area contributed by atoms with Crippen molar-refractivity contribution in [3.63, 3.8) is 0 Å². The van der Waals surface area contributed by atoms with Crippen molar-refractivity contribution in [2.45, 2.75) is 6.54 Å². The number of amides is 1. The second kappa shape index (κ2) is 7.65. The lowest BCUT2D eigenvalue weighted by molar-refractivity contribution is 0.0628. The lowest BCUT2D eigenvalue weighted by Crippen LogP contribution is -2.48. The maximum Gasteiger partial charge on any atom is 0.254 e. The molecule has 1 aliphatic rings. The fourth-order valence-electron chi connectivity index (χ4n) is 3.03. The van der Waals surface area contributed by atoms with E-state index < -0.39 is 0 Å². The van der Waals surface area contributed by atoms with Gasteiger partial charge in [-0.25, -0.2) is 9.37 Å². The zero-order valence-electron chi connectivity index (χ0n) is 14.1. The van der Waals surface area contributed by atoms with Gasteiger partial charge in [-0.2, -0.15) is 0 Å². The minimum absolute atomic E-state index is 0.0987. The monoisotopic (exact) mass is 387 g/mol. The van der Waals surface area contributed by atoms with Gasteiger partial charge in [0.25, 0.3) is 5.91 Å². The summed E-state index contributed by atoms with van der Waals surface area (Å²) in [4.78, 5) is 22.5. The first-order valence-corrected chi connectivity index (χ1v) is 10.2. The van der Waals surface area contributed by atoms with Crippen molar-refractivity contribution in [3.05, 3.63) is 63.5 Å². The number of thiophene rings is 1. The maximum absolute atomic E-state index is 13.3. The quantitative estimate of drug-likeness (QED) is 0.680. The van der Waals surface area contributed by atoms with Crippen LogP contribution >= 0.6 is 22.7 Å². The highest BCUT2D eigenvalue weighted by Gasteiger charge is 2.23. The molecule has 1 saturated heterocycles. The third kappa shape index (κ3) is 3.85. The first-order chi connectivity index (χ1) is 12.7. The molecule has 1 aromatic carbocycles. The van der Waals surface area contributed by atoms with E-state index in [0.29, 0.717) is 18.7 Å². The van der Waals surface area contributed by atoms with Crippen LogP contribution in [0, 0.1) is 5.82 Å². The minimum atomic E-state index is -0.375. The van der Waals surface area contributed by atoms with Gasteiger partial charge in [0.15, 0.2) is 0 Å². The minimum Gasteiger partial charge on any atom is -0.336 e. The van der Waals surface area contributed by atoms with Gasteiger partial charge in [0.05, 0.1) is 17.1 Å². The van der Waals surface area contributed by atoms with Crippen molar-refractivity contribution in [3.8, 4) is 10.6 Å². The molecule has 3 heterocycles. The number of aromatic nitrogens is 1. The van der Waals surface area contributed by atoms with Crippen LogP contribution in [0.25, 0.3) is 10.6 Å². The standard InChI is InChI=1S/C19H18FN3OS2/c20-15-4-1-3-14(11-15)19(24)23-8-6-22(7-9-23)12-18-21-16(13-26-18)17-5-2-10-25-17/h1-5,10-11,13H,6-9,12H2. The van der Waals surface area contributed by atoms with Crippen LogP contribution in [0.1, 0.15) is 15.4 Å². The summed E-state index contributed by atoms with van der Waals surface area (Å²) in [5.41, 5.74) is 1.46. The van der Waals surface area contributed by atoms with Crippen LogP contribution in [0.15, 0.2) is 47.2 Å². The molecule has 0 spiro atoms. The molecule has 1 amide bonds. The van der Waals surface area contributed by atoms with Crippen molar-refractivity contribution in [2.75, 3.05) is 26.2 Å². The Labute approximate surface area is 159 Å². The van der Waals surface area contributed by atoms with Gasteiger partial charge in [-0.3, -0.25) is 9.69 Å². The summed E-state index contributed by atoms with van der Waals surface area (Å²) in [6, 6.07) is 10.0. The van der Waals surface area contributed by atoms with Crippen LogP contribution in [-0.4, -0.2) is 46.9 Å². The molecule has 0 N–H and O–H groups in total. The number of rotatable bonds is 4. The Hall–Kier alpha value is -2.09. The molecular weight excluding hydrogens is 369 g/mol. The molecule has 4 rings (SSSR count). The zero-order chi connectivity index (χ0) is 17.9. The summed E-state index contributed by atoms with van der Waals surface area (Å²) < 4.78 is 13.3. The third-order valence-electron chi connectivity index (χ3n) is 4.42. The topological polar surface area (TPSA) is 36.4 Å². The first-order valence-electron chi connectivity index (χ1n) is 8.44. The smallest absolute Gasteiger partial charge is 0.254 e. The molecule has 26 heavy (non-hydrogen) atoms. The van der Waals surface area contributed by atoms with Crippen molar-refractivity contribution in [2.24, 2.45) is 0 Å². The third-order valence-corrected chi connectivity index (χ3v) is 6.14. The first kappa shape index (κ1) is 17.3. The molecular formula is C19H18FN3OS2. The highest BCUT2D eigenvalue weighted by atomic mass is 32.1. The largest absolute Gasteiger partial charge is 0.336 e. The van der Waals surface area contributed by atoms with Gasteiger partial charge >= 0.3 is 0 Å². The second-order valence-corrected chi connectivity index (χ2v) is 8.07. The van der Waals surface area contributed by atoms with Crippen LogP contribution in [0.2, 0.25) is 0 Å². The summed E-state index contributed by atoms with van der Waals surface area (Å²) in [5, 5.41) is 5.26. The van der Waals surface area contributed by atoms with E-state index in [9.17, 15) is 9.18 Å². The number of hydrogen-bond acceptors (Lipinski definition) is 5. The van der Waals surface area contributed by atoms with Crippen LogP contribution in [0.4, 0.5) is 4.39 Å². The number of halogens is 1. The molecule has 0 unspecified atom stereocenters. The lowest BCUT2D eigenvalue weighted by Gasteiger charge is -2.34. The molecule has 134 valence electrons. The number of benzene rings is 1. The Balaban J connectivity index is 1.33. The molecule has 0 bridgehead atoms. The SMILES string of the molecule is O=C(c1cccc(F)c1)N1CCN(Cc2nc(-c3cccs3)cs2)CC1. The Morgan fingerprint density at radius 3 is 2.69 bits per heavy atom. The molecule has 0 atom stereocenters. The van der Waals surface area contributed by atoms with Crippen LogP contribution < -0.4 is 0 Å². The Kier molecular flexibility index (Phi) is 5.10. The maximum atomic E-state index is 13.3. The Morgan fingerprint density at radius 1 is 1.12 bits per heavy atom. The molecule has 0 aliphatic carbocycles. The Bertz CT molecular complexity index is 886. The van der Waals surface area contributed by atoms with E-state index in [1.54, 1.807) is 39.7 Å². The fraction of sp³-hybridized carbons (Fsp3) is 0.263. The predicted molar refractivity (Wildman–Crippen MR) is 103 cm³/mol. The van der Waals surface area contributed by atoms with E-state index in [2.05, 4.69) is 21.7 Å². The summed E-state index contributed by atoms with van der Waals surface area (Å²) in [5.74, 6) is -0.474. The van der Waals surface area contributed by atoms with E-state index in [-0.39, 0.29) is 11.7 Å². The van der Waals surface area contributed by atoms with E-state index in [1.165, 1.54) is 17.0 Å². The molecule has 3 aromatic rings. The lowest BCUT2D eigenvalue weighted by atomic mass is 10.1. The number of hydrogen-bond donors (Lipinski definition) is 0. The average molecular weight is 388 g/mol. The van der Waals surface area contributed by atoms with Gasteiger partial charge in [0, 0.05) is 37.1 Å². The normalized spacial score (nSPS) is 15.3. The molecule has 0 saturated carbocycles. The van der Waals surface area contributed by atoms with Crippen LogP contribution in [-0.2, 0) is 6.54 Å². The van der Waals surface area contributed by atoms with Gasteiger partial charge < -0.3 is 4.90 Å². The zero-order valence-corrected chi connectivity index (χ0v) is 15.7. The van der Waals surface area contributed by atoms with Gasteiger partial charge in [-0.15, -0.1) is 22.7 Å². The van der Waals surface area contributed by atoms with E-state index in [0.717, 1.165) is 30.3 Å². The van der Waals surface area contributed by atoms with Crippen LogP contribution in [0.5, 0.6) is 0 Å². The van der Waals surface area contributed by atoms with Gasteiger partial charge in [-0.1, -0.05) is 12.1 Å². The summed E-state index contributed by atoms with van der Waals surface area (Å²) >= 11 is 3.38. The number of piperazine rings is 1. The summed E-state index contributed by atoms with van der Waals surface area (Å²) in [6.07, 6.45) is 0. The molecule has 4 nitrogen and oxygen atoms in total. The van der Waals surface area contributed by atoms with Gasteiger partial charge in [0.2, 0.25) is 0 Å². The molecule has 0 radical (unpaired) electrons. The van der Waals surface area contributed by atoms with Gasteiger partial charge in [0.1, 0.15) is 10.8 Å². The highest BCUT2D eigenvalue weighted by molar-refractivity contribution is 7.14. The Morgan fingerprint density at radius 2 is 1.96 bits per heavy atom. The second-order valence-electron chi connectivity index (χ2n) is 6.18. The number of carbonyl (C=O) groups is 1. The number of thiazole rings is 1. The molecule has 1 aliphatic heterocycles. The van der Waals surface area contributed by atoms with Gasteiger partial charge in [-0.05, 0) is 29.6 Å². The van der Waals surface area contributed by atoms with Crippen LogP contribution in [0.3, 0.4) is 0 Å². The number of nitrogens with zero attached hydrogens (tertiary/aromatic N) is 3. The number of carbonyl (C=O) groups excluding carboxylic acids is 1. The molecule has 1 fully saturated rings. The van der Waals surface area contributed by atoms with Crippen molar-refractivity contribution in [1.29, 1.82) is 0 Å². The van der Waals surface area contributed by atoms with E-state index in [1.807, 2.05) is 6.07 Å². The fourth-order valence-corrected chi connectivity index (χ4v) is 4.62. The molecule has 7 heteroatoms.